The van der Waals surface area contributed by atoms with E-state index < -0.39 is 27.9 Å². The first-order valence-corrected chi connectivity index (χ1v) is 26.0. The maximum Gasteiger partial charge on any atom is 0.102 e. The van der Waals surface area contributed by atoms with E-state index in [1.54, 1.807) is 0 Å². The van der Waals surface area contributed by atoms with Gasteiger partial charge in [0.2, 0.25) is 0 Å². The summed E-state index contributed by atoms with van der Waals surface area (Å²) in [5.41, 5.74) is 17.9. The number of benzene rings is 8. The number of nitrogens with one attached hydrogen (secondary N) is 2. The number of rotatable bonds is 9. The van der Waals surface area contributed by atoms with Crippen LogP contribution in [0.2, 0.25) is 0 Å². The van der Waals surface area contributed by atoms with Crippen LogP contribution in [0.15, 0.2) is 243 Å². The normalized spacial score (nSPS) is 11.4. The summed E-state index contributed by atoms with van der Waals surface area (Å²) in [5, 5.41) is 8.61. The van der Waals surface area contributed by atoms with Crippen LogP contribution in [-0.4, -0.2) is 0 Å². The third-order valence-electron chi connectivity index (χ3n) is 9.03. The Kier molecular flexibility index (Phi) is 19.4. The standard InChI is InChI=1S/2C18H15P.C14H14N2.2ClH.Ru/c2*1-4-10-16(11-5-1)19(17-12-6-2-7-13-17)18-14-8-3-9-15-18;15-13(11-7-3-1-4-8-11)14(16)12-9-5-2-6-10-12;;;/h2*1-15H;1-10,13-16H;2*1H;/q;;-2;;;+4/t;;13-,14-;;;/m..1.../s1. The van der Waals surface area contributed by atoms with Crippen LogP contribution in [0, 0.1) is 0 Å². The predicted molar refractivity (Wildman–Crippen MR) is 252 cm³/mol. The smallest absolute Gasteiger partial charge is 0.102 e. The van der Waals surface area contributed by atoms with Crippen molar-refractivity contribution in [2.24, 2.45) is 0 Å². The molecule has 8 aromatic rings. The van der Waals surface area contributed by atoms with E-state index in [1.807, 2.05) is 60.7 Å². The van der Waals surface area contributed by atoms with Crippen molar-refractivity contribution in [2.75, 3.05) is 0 Å². The quantitative estimate of drug-likeness (QED) is 0.102. The second-order valence-corrected chi connectivity index (χ2v) is 20.4. The van der Waals surface area contributed by atoms with E-state index >= 15 is 0 Å². The molecule has 0 aliphatic carbocycles. The van der Waals surface area contributed by atoms with Gasteiger partial charge in [0.05, 0.1) is 15.8 Å². The van der Waals surface area contributed by atoms with E-state index in [1.165, 1.54) is 31.8 Å². The SMILES string of the molecule is [Cl][Ru+2][Cl].[NH-][C@H](c1ccccc1)[C@H]([NH-])c1ccccc1.c1ccc([PH+](c2ccccc2)c2ccccc2)cc1.c1ccc([PH+](c2ccccc2)c2ccccc2)cc1. The molecule has 0 aliphatic heterocycles. The van der Waals surface area contributed by atoms with Crippen molar-refractivity contribution >= 4 is 67.1 Å². The summed E-state index contributed by atoms with van der Waals surface area (Å²) in [4.78, 5) is 0. The van der Waals surface area contributed by atoms with Gasteiger partial charge in [0.15, 0.2) is 0 Å². The molecule has 2 nitrogen and oxygen atoms in total. The Morgan fingerprint density at radius 2 is 0.421 bits per heavy atom. The van der Waals surface area contributed by atoms with Gasteiger partial charge in [0, 0.05) is 0 Å². The van der Waals surface area contributed by atoms with Gasteiger partial charge in [-0.25, -0.2) is 0 Å². The number of hydrogen-bond donors (Lipinski definition) is 0. The van der Waals surface area contributed by atoms with Crippen LogP contribution < -0.4 is 31.8 Å². The van der Waals surface area contributed by atoms with Crippen LogP contribution >= 0.6 is 35.2 Å². The summed E-state index contributed by atoms with van der Waals surface area (Å²) >= 11 is -0.346. The van der Waals surface area contributed by atoms with Crippen molar-refractivity contribution in [1.82, 2.24) is 0 Å². The van der Waals surface area contributed by atoms with Crippen LogP contribution in [0.5, 0.6) is 0 Å². The van der Waals surface area contributed by atoms with Crippen molar-refractivity contribution < 1.29 is 15.1 Å². The minimum Gasteiger partial charge on any atom is -0.672 e. The van der Waals surface area contributed by atoms with Gasteiger partial charge in [-0.15, -0.1) is 12.1 Å². The minimum absolute atomic E-state index is 0.346. The molecule has 0 aromatic heterocycles. The minimum atomic E-state index is -0.877. The topological polar surface area (TPSA) is 47.6 Å². The van der Waals surface area contributed by atoms with Crippen molar-refractivity contribution in [2.45, 2.75) is 12.1 Å². The molecule has 7 heteroatoms. The maximum atomic E-state index is 8.07. The zero-order valence-electron chi connectivity index (χ0n) is 31.4. The van der Waals surface area contributed by atoms with Crippen molar-refractivity contribution in [1.29, 1.82) is 0 Å². The Bertz CT molecular complexity index is 1860. The molecule has 0 fully saturated rings. The molecule has 0 saturated carbocycles. The summed E-state index contributed by atoms with van der Waals surface area (Å²) in [5.74, 6) is 0. The molecule has 0 bridgehead atoms. The Hall–Kier alpha value is -4.26. The van der Waals surface area contributed by atoms with E-state index in [4.69, 9.17) is 30.8 Å². The fourth-order valence-electron chi connectivity index (χ4n) is 6.33. The first-order chi connectivity index (χ1) is 28.1. The second-order valence-electron chi connectivity index (χ2n) is 12.8. The molecule has 0 amide bonds. The first kappa shape index (κ1) is 43.9. The molecular weight excluding hydrogens is 862 g/mol. The van der Waals surface area contributed by atoms with Gasteiger partial charge in [0.25, 0.3) is 0 Å². The van der Waals surface area contributed by atoms with Gasteiger partial charge in [0.1, 0.15) is 31.8 Å². The van der Waals surface area contributed by atoms with Crippen molar-refractivity contribution in [3.05, 3.63) is 265 Å². The Morgan fingerprint density at radius 1 is 0.281 bits per heavy atom. The first-order valence-electron chi connectivity index (χ1n) is 18.5. The van der Waals surface area contributed by atoms with Gasteiger partial charge >= 0.3 is 34.5 Å². The molecular formula is C50H46Cl2N2P2Ru+2. The van der Waals surface area contributed by atoms with Gasteiger partial charge in [-0.05, 0) is 72.8 Å². The Balaban J connectivity index is 0.000000158. The predicted octanol–water partition coefficient (Wildman–Crippen LogP) is 12.3. The average molecular weight is 909 g/mol. The van der Waals surface area contributed by atoms with E-state index in [-0.39, 0.29) is 15.1 Å². The summed E-state index contributed by atoms with van der Waals surface area (Å²) in [7, 11) is 7.95. The number of hydrogen-bond acceptors (Lipinski definition) is 0. The van der Waals surface area contributed by atoms with Gasteiger partial charge < -0.3 is 11.5 Å². The van der Waals surface area contributed by atoms with Crippen molar-refractivity contribution in [3.8, 4) is 0 Å². The monoisotopic (exact) mass is 908 g/mol. The molecule has 2 N–H and O–H groups in total. The molecule has 0 saturated heterocycles. The summed E-state index contributed by atoms with van der Waals surface area (Å²) in [6.07, 6.45) is 0. The van der Waals surface area contributed by atoms with Crippen molar-refractivity contribution in [3.63, 3.8) is 0 Å². The molecule has 286 valence electrons. The van der Waals surface area contributed by atoms with Gasteiger partial charge in [-0.1, -0.05) is 181 Å². The molecule has 0 aliphatic rings. The van der Waals surface area contributed by atoms with E-state index in [9.17, 15) is 0 Å². The van der Waals surface area contributed by atoms with Crippen LogP contribution in [0.1, 0.15) is 23.2 Å². The van der Waals surface area contributed by atoms with Crippen LogP contribution in [0.25, 0.3) is 11.5 Å². The van der Waals surface area contributed by atoms with E-state index in [2.05, 4.69) is 182 Å². The second kappa shape index (κ2) is 25.2. The third-order valence-corrected chi connectivity index (χ3v) is 14.5. The Labute approximate surface area is 357 Å². The fourth-order valence-corrected chi connectivity index (χ4v) is 11.5. The van der Waals surface area contributed by atoms with Crippen LogP contribution in [0.3, 0.4) is 0 Å². The molecule has 0 heterocycles. The zero-order chi connectivity index (χ0) is 39.9. The molecule has 2 atom stereocenters. The van der Waals surface area contributed by atoms with E-state index in [0.29, 0.717) is 0 Å². The molecule has 0 spiro atoms. The van der Waals surface area contributed by atoms with Gasteiger partial charge in [-0.2, -0.15) is 0 Å². The Morgan fingerprint density at radius 3 is 0.579 bits per heavy atom. The number of halogens is 2. The third kappa shape index (κ3) is 14.0. The molecule has 0 unspecified atom stereocenters. The largest absolute Gasteiger partial charge is 0.672 e. The average Bonchev–Trinajstić information content (AvgIpc) is 3.30. The maximum absolute atomic E-state index is 8.07. The molecule has 57 heavy (non-hydrogen) atoms. The fraction of sp³-hybridized carbons (Fsp3) is 0.0400. The van der Waals surface area contributed by atoms with E-state index in [0.717, 1.165) is 11.1 Å². The molecule has 8 aromatic carbocycles. The zero-order valence-corrected chi connectivity index (χ0v) is 36.6. The summed E-state index contributed by atoms with van der Waals surface area (Å²) in [6.45, 7) is 0. The van der Waals surface area contributed by atoms with Crippen LogP contribution in [-0.2, 0) is 15.1 Å². The molecule has 0 radical (unpaired) electrons. The van der Waals surface area contributed by atoms with Gasteiger partial charge in [-0.3, -0.25) is 0 Å². The summed E-state index contributed by atoms with van der Waals surface area (Å²) in [6, 6.07) is 83.1. The molecule has 8 rings (SSSR count). The summed E-state index contributed by atoms with van der Waals surface area (Å²) < 4.78 is 0. The van der Waals surface area contributed by atoms with Crippen LogP contribution in [0.4, 0.5) is 0 Å².